The van der Waals surface area contributed by atoms with Gasteiger partial charge in [0.05, 0.1) is 11.5 Å². The number of anilines is 1. The van der Waals surface area contributed by atoms with E-state index in [-0.39, 0.29) is 18.0 Å². The molecule has 0 amide bonds. The fraction of sp³-hybridized carbons (Fsp3) is 0.538. The van der Waals surface area contributed by atoms with E-state index in [1.54, 1.807) is 18.2 Å². The number of nitrogens with one attached hydrogen (secondary N) is 2. The normalized spacial score (nSPS) is 14.8. The summed E-state index contributed by atoms with van der Waals surface area (Å²) in [7, 11) is -3.65. The third-order valence-electron chi connectivity index (χ3n) is 3.11. The molecule has 0 saturated carbocycles. The molecule has 1 aliphatic heterocycles. The van der Waals surface area contributed by atoms with Gasteiger partial charge in [-0.1, -0.05) is 6.07 Å². The molecule has 0 fully saturated rings. The highest BCUT2D eigenvalue weighted by Crippen LogP contribution is 2.24. The number of alkyl halides is 2. The minimum Gasteiger partial charge on any atom is -0.385 e. The van der Waals surface area contributed by atoms with Crippen molar-refractivity contribution in [3.05, 3.63) is 23.8 Å². The minimum absolute atomic E-state index is 0.0421. The second kappa shape index (κ2) is 7.15. The van der Waals surface area contributed by atoms with Crippen molar-refractivity contribution in [2.45, 2.75) is 24.2 Å². The van der Waals surface area contributed by atoms with E-state index in [0.717, 1.165) is 30.6 Å². The molecule has 0 spiro atoms. The largest absolute Gasteiger partial charge is 0.385 e. The van der Waals surface area contributed by atoms with Crippen molar-refractivity contribution in [3.8, 4) is 0 Å². The predicted molar refractivity (Wildman–Crippen MR) is 75.3 cm³/mol. The van der Waals surface area contributed by atoms with Crippen molar-refractivity contribution in [1.29, 1.82) is 0 Å². The molecule has 1 aromatic rings. The Bertz CT molecular complexity index is 579. The summed E-state index contributed by atoms with van der Waals surface area (Å²) >= 11 is 0. The number of hydrogen-bond acceptors (Lipinski definition) is 4. The monoisotopic (exact) mass is 320 g/mol. The lowest BCUT2D eigenvalue weighted by atomic mass is 10.0. The van der Waals surface area contributed by atoms with Crippen molar-refractivity contribution >= 4 is 15.7 Å². The lowest BCUT2D eigenvalue weighted by Gasteiger charge is -2.18. The SMILES string of the molecule is O=S(=O)(NCCOCC(F)F)c1ccc2c(c1)NCCC2. The van der Waals surface area contributed by atoms with Gasteiger partial charge in [-0.15, -0.1) is 0 Å². The van der Waals surface area contributed by atoms with Gasteiger partial charge in [0, 0.05) is 18.8 Å². The lowest BCUT2D eigenvalue weighted by molar-refractivity contribution is 0.0199. The number of sulfonamides is 1. The molecule has 0 aromatic heterocycles. The zero-order valence-electron chi connectivity index (χ0n) is 11.4. The van der Waals surface area contributed by atoms with Crippen LogP contribution in [0.3, 0.4) is 0 Å². The summed E-state index contributed by atoms with van der Waals surface area (Å²) in [4.78, 5) is 0.157. The van der Waals surface area contributed by atoms with Crippen LogP contribution in [0.2, 0.25) is 0 Å². The molecular formula is C13H18F2N2O3S. The number of hydrogen-bond donors (Lipinski definition) is 2. The van der Waals surface area contributed by atoms with Gasteiger partial charge in [-0.3, -0.25) is 0 Å². The van der Waals surface area contributed by atoms with Crippen LogP contribution in [0, 0.1) is 0 Å². The fourth-order valence-electron chi connectivity index (χ4n) is 2.11. The van der Waals surface area contributed by atoms with Crippen LogP contribution in [-0.2, 0) is 21.2 Å². The van der Waals surface area contributed by atoms with Crippen LogP contribution in [0.1, 0.15) is 12.0 Å². The average molecular weight is 320 g/mol. The molecule has 2 N–H and O–H groups in total. The second-order valence-corrected chi connectivity index (χ2v) is 6.48. The molecule has 8 heteroatoms. The number of benzene rings is 1. The molecule has 0 saturated heterocycles. The summed E-state index contributed by atoms with van der Waals surface area (Å²) in [6.45, 7) is 0.00220. The molecule has 0 radical (unpaired) electrons. The highest BCUT2D eigenvalue weighted by Gasteiger charge is 2.17. The Morgan fingerprint density at radius 3 is 2.95 bits per heavy atom. The molecule has 0 aliphatic carbocycles. The van der Waals surface area contributed by atoms with Gasteiger partial charge in [0.2, 0.25) is 10.0 Å². The fourth-order valence-corrected chi connectivity index (χ4v) is 3.15. The molecule has 0 unspecified atom stereocenters. The van der Waals surface area contributed by atoms with Crippen LogP contribution in [0.5, 0.6) is 0 Å². The van der Waals surface area contributed by atoms with Crippen molar-refractivity contribution in [2.24, 2.45) is 0 Å². The smallest absolute Gasteiger partial charge is 0.261 e. The third-order valence-corrected chi connectivity index (χ3v) is 4.57. The van der Waals surface area contributed by atoms with Crippen molar-refractivity contribution < 1.29 is 21.9 Å². The van der Waals surface area contributed by atoms with Crippen LogP contribution < -0.4 is 10.0 Å². The summed E-state index contributed by atoms with van der Waals surface area (Å²) in [5, 5.41) is 3.16. The van der Waals surface area contributed by atoms with E-state index in [1.165, 1.54) is 0 Å². The Hall–Kier alpha value is -1.25. The molecule has 1 aliphatic rings. The van der Waals surface area contributed by atoms with Crippen LogP contribution in [0.15, 0.2) is 23.1 Å². The molecule has 0 atom stereocenters. The molecule has 1 heterocycles. The minimum atomic E-state index is -3.65. The summed E-state index contributed by atoms with van der Waals surface area (Å²) in [5.74, 6) is 0. The zero-order valence-corrected chi connectivity index (χ0v) is 12.3. The molecule has 5 nitrogen and oxygen atoms in total. The maximum absolute atomic E-state index is 12.1. The molecule has 2 rings (SSSR count). The lowest BCUT2D eigenvalue weighted by Crippen LogP contribution is -2.28. The average Bonchev–Trinajstić information content (AvgIpc) is 2.46. The van der Waals surface area contributed by atoms with Crippen molar-refractivity contribution in [2.75, 3.05) is 31.6 Å². The number of aryl methyl sites for hydroxylation is 1. The second-order valence-electron chi connectivity index (χ2n) is 4.71. The Morgan fingerprint density at radius 1 is 1.38 bits per heavy atom. The number of fused-ring (bicyclic) bond motifs is 1. The number of halogens is 2. The maximum atomic E-state index is 12.1. The molecule has 118 valence electrons. The van der Waals surface area contributed by atoms with E-state index < -0.39 is 23.1 Å². The molecule has 21 heavy (non-hydrogen) atoms. The van der Waals surface area contributed by atoms with Gasteiger partial charge in [-0.25, -0.2) is 21.9 Å². The van der Waals surface area contributed by atoms with Gasteiger partial charge in [0.1, 0.15) is 6.61 Å². The summed E-state index contributed by atoms with van der Waals surface area (Å²) < 4.78 is 54.8. The molecule has 1 aromatic carbocycles. The van der Waals surface area contributed by atoms with Gasteiger partial charge < -0.3 is 10.1 Å². The third kappa shape index (κ3) is 4.62. The van der Waals surface area contributed by atoms with Crippen LogP contribution in [0.25, 0.3) is 0 Å². The Labute approximate surface area is 122 Å². The Balaban J connectivity index is 1.93. The van der Waals surface area contributed by atoms with E-state index in [4.69, 9.17) is 0 Å². The van der Waals surface area contributed by atoms with E-state index in [1.807, 2.05) is 0 Å². The zero-order chi connectivity index (χ0) is 15.3. The first-order valence-electron chi connectivity index (χ1n) is 6.71. The van der Waals surface area contributed by atoms with E-state index in [9.17, 15) is 17.2 Å². The summed E-state index contributed by atoms with van der Waals surface area (Å²) in [6.07, 6.45) is -0.593. The Kier molecular flexibility index (Phi) is 5.49. The standard InChI is InChI=1S/C13H18F2N2O3S/c14-13(15)9-20-7-6-17-21(18,19)11-4-3-10-2-1-5-16-12(10)8-11/h3-4,8,13,16-17H,1-2,5-7,9H2. The van der Waals surface area contributed by atoms with Gasteiger partial charge in [-0.05, 0) is 30.5 Å². The van der Waals surface area contributed by atoms with Gasteiger partial charge in [0.15, 0.2) is 0 Å². The topological polar surface area (TPSA) is 67.4 Å². The first-order chi connectivity index (χ1) is 9.99. The first kappa shape index (κ1) is 16.1. The number of rotatable bonds is 7. The van der Waals surface area contributed by atoms with Crippen molar-refractivity contribution in [3.63, 3.8) is 0 Å². The predicted octanol–water partition coefficient (Wildman–Crippen LogP) is 1.60. The van der Waals surface area contributed by atoms with Crippen LogP contribution >= 0.6 is 0 Å². The summed E-state index contributed by atoms with van der Waals surface area (Å²) in [6, 6.07) is 4.94. The van der Waals surface area contributed by atoms with Gasteiger partial charge in [0.25, 0.3) is 6.43 Å². The van der Waals surface area contributed by atoms with Crippen molar-refractivity contribution in [1.82, 2.24) is 4.72 Å². The maximum Gasteiger partial charge on any atom is 0.261 e. The Morgan fingerprint density at radius 2 is 2.19 bits per heavy atom. The summed E-state index contributed by atoms with van der Waals surface area (Å²) in [5.41, 5.74) is 1.93. The highest BCUT2D eigenvalue weighted by molar-refractivity contribution is 7.89. The quantitative estimate of drug-likeness (QED) is 0.749. The highest BCUT2D eigenvalue weighted by atomic mass is 32.2. The van der Waals surface area contributed by atoms with Crippen LogP contribution in [-0.4, -0.2) is 41.1 Å². The van der Waals surface area contributed by atoms with E-state index in [2.05, 4.69) is 14.8 Å². The first-order valence-corrected chi connectivity index (χ1v) is 8.20. The molecular weight excluding hydrogens is 302 g/mol. The van der Waals surface area contributed by atoms with Crippen LogP contribution in [0.4, 0.5) is 14.5 Å². The van der Waals surface area contributed by atoms with Gasteiger partial charge >= 0.3 is 0 Å². The van der Waals surface area contributed by atoms with Gasteiger partial charge in [-0.2, -0.15) is 0 Å². The number of ether oxygens (including phenoxy) is 1. The molecule has 0 bridgehead atoms. The van der Waals surface area contributed by atoms with E-state index in [0.29, 0.717) is 0 Å². The van der Waals surface area contributed by atoms with E-state index >= 15 is 0 Å².